The number of nitrogens with zero attached hydrogens (tertiary/aromatic N) is 2. The van der Waals surface area contributed by atoms with Gasteiger partial charge in [-0.05, 0) is 183 Å². The van der Waals surface area contributed by atoms with E-state index in [1.165, 1.54) is 77.9 Å². The Labute approximate surface area is 497 Å². The molecule has 3 aliphatic rings. The van der Waals surface area contributed by atoms with Crippen LogP contribution in [0.5, 0.6) is 0 Å². The highest BCUT2D eigenvalue weighted by Gasteiger charge is 2.48. The van der Waals surface area contributed by atoms with Crippen LogP contribution in [0.4, 0.5) is 34.1 Å². The van der Waals surface area contributed by atoms with E-state index in [9.17, 15) is 0 Å². The van der Waals surface area contributed by atoms with Crippen LogP contribution in [0.15, 0.2) is 315 Å². The maximum atomic E-state index is 4.42. The van der Waals surface area contributed by atoms with Crippen molar-refractivity contribution >= 4 is 34.1 Å². The van der Waals surface area contributed by atoms with E-state index in [2.05, 4.69) is 331 Å². The standard InChI is InChI=1S/C82H70N2/c1-8-20-61(9-2)81(76-27-15-11-23-72(76)73-24-12-16-28-77(73)81)64-41-53-70(54-42-64)84(69-51-37-60(38-52-69)59-35-49-68(50-36-59)83(66-45-31-57(4)32-46-66)67-47-33-58(5)34-48-67)71-55-43-65(44-56-71)82(63-22-19-21-62(39-40-63)80(6,7)10-3)78-29-17-13-25-74(78)75-26-14-18-30-79(75)82/h8-9,11-20,22-56H,1-2,10,21H2,3-7H3/b61-20+. The highest BCUT2D eigenvalue weighted by atomic mass is 15.1. The summed E-state index contributed by atoms with van der Waals surface area (Å²) in [5, 5.41) is 0. The van der Waals surface area contributed by atoms with Gasteiger partial charge >= 0.3 is 0 Å². The smallest absolute Gasteiger partial charge is 0.0713 e. The summed E-state index contributed by atoms with van der Waals surface area (Å²) in [7, 11) is 0. The molecule has 0 saturated carbocycles. The zero-order chi connectivity index (χ0) is 57.6. The van der Waals surface area contributed by atoms with Gasteiger partial charge in [0.05, 0.1) is 10.8 Å². The van der Waals surface area contributed by atoms with Gasteiger partial charge in [0.15, 0.2) is 0 Å². The van der Waals surface area contributed by atoms with Crippen molar-refractivity contribution in [3.63, 3.8) is 0 Å². The van der Waals surface area contributed by atoms with E-state index in [4.69, 9.17) is 0 Å². The fourth-order valence-corrected chi connectivity index (χ4v) is 13.7. The van der Waals surface area contributed by atoms with Crippen LogP contribution in [0.25, 0.3) is 33.4 Å². The zero-order valence-corrected chi connectivity index (χ0v) is 48.9. The molecule has 0 amide bonds. The van der Waals surface area contributed by atoms with Gasteiger partial charge in [-0.15, -0.1) is 0 Å². The van der Waals surface area contributed by atoms with Crippen molar-refractivity contribution < 1.29 is 0 Å². The summed E-state index contributed by atoms with van der Waals surface area (Å²) in [5.41, 5.74) is 26.6. The molecule has 10 aromatic rings. The van der Waals surface area contributed by atoms with Gasteiger partial charge in [0.1, 0.15) is 0 Å². The molecule has 0 aliphatic heterocycles. The first-order chi connectivity index (χ1) is 41.1. The second-order valence-electron chi connectivity index (χ2n) is 23.4. The van der Waals surface area contributed by atoms with Gasteiger partial charge in [0.25, 0.3) is 0 Å². The number of aryl methyl sites for hydroxylation is 2. The maximum Gasteiger partial charge on any atom is 0.0713 e. The van der Waals surface area contributed by atoms with Gasteiger partial charge in [0, 0.05) is 34.1 Å². The third-order valence-corrected chi connectivity index (χ3v) is 18.4. The molecule has 0 unspecified atom stereocenters. The molecule has 2 nitrogen and oxygen atoms in total. The van der Waals surface area contributed by atoms with Crippen molar-refractivity contribution in [1.82, 2.24) is 0 Å². The van der Waals surface area contributed by atoms with Gasteiger partial charge in [-0.1, -0.05) is 263 Å². The minimum absolute atomic E-state index is 0.0930. The van der Waals surface area contributed by atoms with Gasteiger partial charge in [-0.3, -0.25) is 0 Å². The van der Waals surface area contributed by atoms with Crippen LogP contribution in [0.2, 0.25) is 0 Å². The van der Waals surface area contributed by atoms with Crippen molar-refractivity contribution in [1.29, 1.82) is 0 Å². The lowest BCUT2D eigenvalue weighted by atomic mass is 9.67. The minimum atomic E-state index is -0.603. The highest BCUT2D eigenvalue weighted by molar-refractivity contribution is 5.90. The third-order valence-electron chi connectivity index (χ3n) is 18.4. The Morgan fingerprint density at radius 1 is 0.452 bits per heavy atom. The van der Waals surface area contributed by atoms with E-state index >= 15 is 0 Å². The summed E-state index contributed by atoms with van der Waals surface area (Å²) >= 11 is 0. The number of hydrogen-bond acceptors (Lipinski definition) is 2. The number of rotatable bonds is 15. The second-order valence-corrected chi connectivity index (χ2v) is 23.4. The van der Waals surface area contributed by atoms with Crippen LogP contribution in [0, 0.1) is 19.3 Å². The molecule has 0 heterocycles. The van der Waals surface area contributed by atoms with Gasteiger partial charge in [-0.2, -0.15) is 0 Å². The van der Waals surface area contributed by atoms with Gasteiger partial charge in [-0.25, -0.2) is 0 Å². The molecule has 0 radical (unpaired) electrons. The van der Waals surface area contributed by atoms with E-state index in [1.54, 1.807) is 0 Å². The Kier molecular flexibility index (Phi) is 13.9. The summed E-state index contributed by atoms with van der Waals surface area (Å²) in [6.07, 6.45) is 17.7. The molecule has 408 valence electrons. The van der Waals surface area contributed by atoms with Crippen molar-refractivity contribution in [2.45, 2.75) is 58.3 Å². The highest BCUT2D eigenvalue weighted by Crippen LogP contribution is 2.59. The normalized spacial score (nSPS) is 14.5. The predicted molar refractivity (Wildman–Crippen MR) is 357 cm³/mol. The van der Waals surface area contributed by atoms with Crippen molar-refractivity contribution in [2.75, 3.05) is 9.80 Å². The Morgan fingerprint density at radius 2 is 0.821 bits per heavy atom. The van der Waals surface area contributed by atoms with Crippen LogP contribution >= 0.6 is 0 Å². The topological polar surface area (TPSA) is 6.48 Å². The lowest BCUT2D eigenvalue weighted by molar-refractivity contribution is 0.422. The quantitative estimate of drug-likeness (QED) is 0.0944. The first kappa shape index (κ1) is 53.5. The minimum Gasteiger partial charge on any atom is -0.311 e. The summed E-state index contributed by atoms with van der Waals surface area (Å²) in [5.74, 6) is 0. The Morgan fingerprint density at radius 3 is 1.23 bits per heavy atom. The molecule has 3 aliphatic carbocycles. The molecule has 10 aromatic carbocycles. The Balaban J connectivity index is 0.940. The first-order valence-corrected chi connectivity index (χ1v) is 29.7. The molecule has 13 rings (SSSR count). The molecule has 0 aromatic heterocycles. The Hall–Kier alpha value is -9.76. The average molecular weight is 1080 g/mol. The molecule has 0 atom stereocenters. The number of hydrogen-bond donors (Lipinski definition) is 0. The number of benzene rings is 10. The molecular formula is C82H70N2. The second kappa shape index (κ2) is 21.9. The molecule has 0 fully saturated rings. The summed E-state index contributed by atoms with van der Waals surface area (Å²) < 4.78 is 0. The maximum absolute atomic E-state index is 4.42. The monoisotopic (exact) mass is 1080 g/mol. The first-order valence-electron chi connectivity index (χ1n) is 29.7. The zero-order valence-electron chi connectivity index (χ0n) is 48.9. The number of anilines is 6. The largest absolute Gasteiger partial charge is 0.311 e. The predicted octanol–water partition coefficient (Wildman–Crippen LogP) is 22.1. The van der Waals surface area contributed by atoms with Crippen LogP contribution in [-0.4, -0.2) is 0 Å². The van der Waals surface area contributed by atoms with Crippen molar-refractivity contribution in [3.8, 4) is 33.4 Å². The SMILES string of the molecule is C=C/C=C(\C=C)C1(c2ccc(N(c3ccc(-c4ccc(N(c5ccc(C)cc5)c5ccc(C)cc5)cc4)cc3)c3ccc(C4(C5=CC=C(C(C)(C)CC)CC=C5)c5ccccc5-c5ccccc54)cc3)cc2)c2ccccc2-c2ccccc21. The van der Waals surface area contributed by atoms with E-state index in [-0.39, 0.29) is 5.41 Å². The molecule has 0 N–H and O–H groups in total. The summed E-state index contributed by atoms with van der Waals surface area (Å²) in [4.78, 5) is 4.74. The van der Waals surface area contributed by atoms with Crippen LogP contribution < -0.4 is 9.80 Å². The lowest BCUT2D eigenvalue weighted by Gasteiger charge is -2.36. The fraction of sp³-hybridized carbons (Fsp3) is 0.122. The van der Waals surface area contributed by atoms with Crippen LogP contribution in [-0.2, 0) is 10.8 Å². The fourth-order valence-electron chi connectivity index (χ4n) is 13.7. The molecule has 0 saturated heterocycles. The van der Waals surface area contributed by atoms with Gasteiger partial charge in [0.2, 0.25) is 0 Å². The average Bonchev–Trinajstić information content (AvgIpc) is 1.64. The molecule has 2 heteroatoms. The van der Waals surface area contributed by atoms with E-state index < -0.39 is 10.8 Å². The Bertz CT molecular complexity index is 4100. The molecular weight excluding hydrogens is 1010 g/mol. The van der Waals surface area contributed by atoms with E-state index in [0.29, 0.717) is 0 Å². The van der Waals surface area contributed by atoms with Crippen LogP contribution in [0.1, 0.15) is 78.1 Å². The van der Waals surface area contributed by atoms with Crippen LogP contribution in [0.3, 0.4) is 0 Å². The molecule has 0 bridgehead atoms. The van der Waals surface area contributed by atoms with E-state index in [1.807, 2.05) is 12.2 Å². The summed E-state index contributed by atoms with van der Waals surface area (Å²) in [6, 6.07) is 90.1. The van der Waals surface area contributed by atoms with Crippen molar-refractivity contribution in [2.24, 2.45) is 5.41 Å². The van der Waals surface area contributed by atoms with Crippen molar-refractivity contribution in [3.05, 3.63) is 360 Å². The van der Waals surface area contributed by atoms with E-state index in [0.717, 1.165) is 63.7 Å². The molecule has 0 spiro atoms. The number of allylic oxidation sites excluding steroid dienone is 10. The number of fused-ring (bicyclic) bond motifs is 6. The summed E-state index contributed by atoms with van der Waals surface area (Å²) in [6.45, 7) is 19.9. The lowest BCUT2D eigenvalue weighted by Crippen LogP contribution is -2.29. The van der Waals surface area contributed by atoms with Gasteiger partial charge < -0.3 is 9.80 Å². The molecule has 84 heavy (non-hydrogen) atoms. The third kappa shape index (κ3) is 8.88.